The van der Waals surface area contributed by atoms with E-state index in [0.717, 1.165) is 38.9 Å². The van der Waals surface area contributed by atoms with Gasteiger partial charge in [0.15, 0.2) is 0 Å². The summed E-state index contributed by atoms with van der Waals surface area (Å²) in [6.45, 7) is 5.88. The molecule has 1 aliphatic heterocycles. The van der Waals surface area contributed by atoms with Crippen molar-refractivity contribution in [2.24, 2.45) is 0 Å². The van der Waals surface area contributed by atoms with E-state index in [1.165, 1.54) is 6.07 Å². The maximum Gasteiger partial charge on any atom is 0.129 e. The lowest BCUT2D eigenvalue weighted by atomic mass is 10.0. The molecule has 1 aromatic rings. The van der Waals surface area contributed by atoms with E-state index in [1.807, 2.05) is 0 Å². The summed E-state index contributed by atoms with van der Waals surface area (Å²) in [7, 11) is 0. The Bertz CT molecular complexity index is 389. The molecule has 20 heavy (non-hydrogen) atoms. The molecule has 0 radical (unpaired) electrons. The predicted octanol–water partition coefficient (Wildman–Crippen LogP) is 3.86. The molecule has 0 aliphatic carbocycles. The zero-order valence-corrected chi connectivity index (χ0v) is 13.4. The van der Waals surface area contributed by atoms with Gasteiger partial charge in [0.1, 0.15) is 5.82 Å². The van der Waals surface area contributed by atoms with E-state index in [9.17, 15) is 4.39 Å². The van der Waals surface area contributed by atoms with Crippen LogP contribution in [0.3, 0.4) is 0 Å². The van der Waals surface area contributed by atoms with Crippen LogP contribution in [0.15, 0.2) is 18.2 Å². The molecule has 1 fully saturated rings. The molecule has 1 N–H and O–H groups in total. The van der Waals surface area contributed by atoms with Gasteiger partial charge in [0, 0.05) is 23.2 Å². The first kappa shape index (κ1) is 17.7. The molecule has 0 unspecified atom stereocenters. The fourth-order valence-electron chi connectivity index (χ4n) is 2.74. The average molecular weight is 321 g/mol. The van der Waals surface area contributed by atoms with Gasteiger partial charge < -0.3 is 5.32 Å². The van der Waals surface area contributed by atoms with E-state index in [4.69, 9.17) is 11.6 Å². The first-order chi connectivity index (χ1) is 9.22. The Labute approximate surface area is 132 Å². The Morgan fingerprint density at radius 1 is 1.35 bits per heavy atom. The van der Waals surface area contributed by atoms with Gasteiger partial charge in [-0.05, 0) is 51.0 Å². The highest BCUT2D eigenvalue weighted by Crippen LogP contribution is 2.23. The highest BCUT2D eigenvalue weighted by Gasteiger charge is 2.22. The molecule has 2 nitrogen and oxygen atoms in total. The van der Waals surface area contributed by atoms with Gasteiger partial charge in [0.05, 0.1) is 0 Å². The second-order valence-corrected chi connectivity index (χ2v) is 5.56. The van der Waals surface area contributed by atoms with Crippen LogP contribution in [0.25, 0.3) is 0 Å². The van der Waals surface area contributed by atoms with E-state index >= 15 is 0 Å². The molecule has 0 amide bonds. The lowest BCUT2D eigenvalue weighted by molar-refractivity contribution is 0.152. The van der Waals surface area contributed by atoms with E-state index in [1.54, 1.807) is 12.1 Å². The number of hydrogen-bond donors (Lipinski definition) is 1. The third-order valence-corrected chi connectivity index (χ3v) is 4.11. The standard InChI is InChI=1S/C15H22ClFN2.ClH/c1-2-10-19(12-6-8-18-9-7-12)11-13-14(16)4-3-5-15(13)17;/h3-5,12,18H,2,6-11H2,1H3;1H. The molecule has 0 atom stereocenters. The number of piperidine rings is 1. The minimum Gasteiger partial charge on any atom is -0.317 e. The Morgan fingerprint density at radius 3 is 2.65 bits per heavy atom. The van der Waals surface area contributed by atoms with Crippen molar-refractivity contribution in [3.63, 3.8) is 0 Å². The van der Waals surface area contributed by atoms with E-state index in [2.05, 4.69) is 17.1 Å². The predicted molar refractivity (Wildman–Crippen MR) is 85.3 cm³/mol. The third-order valence-electron chi connectivity index (χ3n) is 3.76. The monoisotopic (exact) mass is 320 g/mol. The maximum atomic E-state index is 13.9. The zero-order chi connectivity index (χ0) is 13.7. The summed E-state index contributed by atoms with van der Waals surface area (Å²) in [5.41, 5.74) is 0.635. The highest BCUT2D eigenvalue weighted by atomic mass is 35.5. The Balaban J connectivity index is 0.00000200. The molecule has 0 saturated carbocycles. The molecular weight excluding hydrogens is 298 g/mol. The summed E-state index contributed by atoms with van der Waals surface area (Å²) in [6.07, 6.45) is 3.34. The summed E-state index contributed by atoms with van der Waals surface area (Å²) >= 11 is 6.13. The molecular formula is C15H23Cl2FN2. The van der Waals surface area contributed by atoms with Crippen molar-refractivity contribution in [2.45, 2.75) is 38.8 Å². The quantitative estimate of drug-likeness (QED) is 0.886. The van der Waals surface area contributed by atoms with Crippen LogP contribution in [0, 0.1) is 5.82 Å². The molecule has 1 saturated heterocycles. The van der Waals surface area contributed by atoms with Crippen molar-refractivity contribution in [2.75, 3.05) is 19.6 Å². The number of nitrogens with one attached hydrogen (secondary N) is 1. The minimum atomic E-state index is -0.192. The van der Waals surface area contributed by atoms with Crippen LogP contribution in [-0.4, -0.2) is 30.6 Å². The van der Waals surface area contributed by atoms with Gasteiger partial charge in [-0.1, -0.05) is 24.6 Å². The topological polar surface area (TPSA) is 15.3 Å². The summed E-state index contributed by atoms with van der Waals surface area (Å²) in [4.78, 5) is 2.38. The average Bonchev–Trinajstić information content (AvgIpc) is 2.43. The van der Waals surface area contributed by atoms with Crippen molar-refractivity contribution >= 4 is 24.0 Å². The Morgan fingerprint density at radius 2 is 2.05 bits per heavy atom. The van der Waals surface area contributed by atoms with Crippen LogP contribution in [0.4, 0.5) is 4.39 Å². The van der Waals surface area contributed by atoms with Crippen LogP contribution in [0.1, 0.15) is 31.7 Å². The smallest absolute Gasteiger partial charge is 0.129 e. The van der Waals surface area contributed by atoms with Gasteiger partial charge in [-0.3, -0.25) is 4.90 Å². The van der Waals surface area contributed by atoms with E-state index in [-0.39, 0.29) is 18.2 Å². The van der Waals surface area contributed by atoms with Crippen LogP contribution in [-0.2, 0) is 6.54 Å². The van der Waals surface area contributed by atoms with Gasteiger partial charge in [-0.2, -0.15) is 0 Å². The van der Waals surface area contributed by atoms with Crippen molar-refractivity contribution in [1.29, 1.82) is 0 Å². The van der Waals surface area contributed by atoms with Gasteiger partial charge in [-0.25, -0.2) is 4.39 Å². The third kappa shape index (κ3) is 4.59. The number of nitrogens with zero attached hydrogens (tertiary/aromatic N) is 1. The van der Waals surface area contributed by atoms with Gasteiger partial charge in [0.25, 0.3) is 0 Å². The van der Waals surface area contributed by atoms with Crippen LogP contribution >= 0.6 is 24.0 Å². The van der Waals surface area contributed by atoms with Crippen molar-refractivity contribution in [3.8, 4) is 0 Å². The maximum absolute atomic E-state index is 13.9. The van der Waals surface area contributed by atoms with Gasteiger partial charge >= 0.3 is 0 Å². The van der Waals surface area contributed by atoms with Crippen LogP contribution in [0.2, 0.25) is 5.02 Å². The molecule has 0 bridgehead atoms. The second-order valence-electron chi connectivity index (χ2n) is 5.15. The number of halogens is 3. The molecule has 1 aliphatic rings. The van der Waals surface area contributed by atoms with E-state index < -0.39 is 0 Å². The fourth-order valence-corrected chi connectivity index (χ4v) is 2.96. The largest absolute Gasteiger partial charge is 0.317 e. The van der Waals surface area contributed by atoms with E-state index in [0.29, 0.717) is 23.2 Å². The SMILES string of the molecule is CCCN(Cc1c(F)cccc1Cl)C1CCNCC1.Cl. The normalized spacial score (nSPS) is 16.2. The number of benzene rings is 1. The summed E-state index contributed by atoms with van der Waals surface area (Å²) in [5, 5.41) is 3.91. The first-order valence-electron chi connectivity index (χ1n) is 7.10. The Kier molecular flexibility index (Phi) is 7.82. The second kappa shape index (κ2) is 8.83. The minimum absolute atomic E-state index is 0. The molecule has 0 aromatic heterocycles. The summed E-state index contributed by atoms with van der Waals surface area (Å²) in [6, 6.07) is 5.47. The zero-order valence-electron chi connectivity index (χ0n) is 11.9. The molecule has 114 valence electrons. The first-order valence-corrected chi connectivity index (χ1v) is 7.47. The van der Waals surface area contributed by atoms with Crippen LogP contribution in [0.5, 0.6) is 0 Å². The molecule has 1 aromatic carbocycles. The van der Waals surface area contributed by atoms with Gasteiger partial charge in [-0.15, -0.1) is 12.4 Å². The van der Waals surface area contributed by atoms with Crippen LogP contribution < -0.4 is 5.32 Å². The van der Waals surface area contributed by atoms with Crippen molar-refractivity contribution in [1.82, 2.24) is 10.2 Å². The lowest BCUT2D eigenvalue weighted by Crippen LogP contribution is -2.43. The summed E-state index contributed by atoms with van der Waals surface area (Å²) in [5.74, 6) is -0.192. The molecule has 0 spiro atoms. The lowest BCUT2D eigenvalue weighted by Gasteiger charge is -2.34. The molecule has 5 heteroatoms. The summed E-state index contributed by atoms with van der Waals surface area (Å²) < 4.78 is 13.9. The number of rotatable bonds is 5. The molecule has 1 heterocycles. The Hall–Kier alpha value is -0.350. The van der Waals surface area contributed by atoms with Crippen molar-refractivity contribution < 1.29 is 4.39 Å². The van der Waals surface area contributed by atoms with Crippen molar-refractivity contribution in [3.05, 3.63) is 34.6 Å². The highest BCUT2D eigenvalue weighted by molar-refractivity contribution is 6.31. The molecule has 2 rings (SSSR count). The van der Waals surface area contributed by atoms with Gasteiger partial charge in [0.2, 0.25) is 0 Å². The number of hydrogen-bond acceptors (Lipinski definition) is 2. The fraction of sp³-hybridized carbons (Fsp3) is 0.600.